The number of hydrogen-bond donors (Lipinski definition) is 1. The quantitative estimate of drug-likeness (QED) is 0.792. The van der Waals surface area contributed by atoms with Crippen molar-refractivity contribution in [3.05, 3.63) is 48.1 Å². The van der Waals surface area contributed by atoms with Crippen molar-refractivity contribution in [2.24, 2.45) is 0 Å². The van der Waals surface area contributed by atoms with Gasteiger partial charge in [0.2, 0.25) is 11.8 Å². The molecular weight excluding hydrogens is 257 g/mol. The van der Waals surface area contributed by atoms with E-state index < -0.39 is 0 Å². The lowest BCUT2D eigenvalue weighted by Crippen LogP contribution is -2.11. The fourth-order valence-corrected chi connectivity index (χ4v) is 2.11. The van der Waals surface area contributed by atoms with Crippen molar-refractivity contribution in [2.75, 3.05) is 6.54 Å². The number of nitrogens with one attached hydrogen (secondary N) is 1. The summed E-state index contributed by atoms with van der Waals surface area (Å²) in [7, 11) is 0. The molecule has 4 nitrogen and oxygen atoms in total. The summed E-state index contributed by atoms with van der Waals surface area (Å²) in [6, 6.07) is 10.3. The summed E-state index contributed by atoms with van der Waals surface area (Å²) in [5.41, 5.74) is 0.747. The molecule has 5 heteroatoms. The topological polar surface area (TPSA) is 51.0 Å². The molecule has 1 N–H and O–H groups in total. The van der Waals surface area contributed by atoms with E-state index in [2.05, 4.69) is 15.5 Å². The molecule has 2 aromatic carbocycles. The van der Waals surface area contributed by atoms with Gasteiger partial charge in [-0.3, -0.25) is 0 Å². The van der Waals surface area contributed by atoms with Gasteiger partial charge in [-0.25, -0.2) is 4.39 Å². The molecule has 0 fully saturated rings. The monoisotopic (exact) mass is 271 g/mol. The van der Waals surface area contributed by atoms with Crippen LogP contribution >= 0.6 is 0 Å². The Hall–Kier alpha value is -2.27. The van der Waals surface area contributed by atoms with Gasteiger partial charge in [-0.1, -0.05) is 31.2 Å². The van der Waals surface area contributed by atoms with Crippen molar-refractivity contribution in [3.63, 3.8) is 0 Å². The van der Waals surface area contributed by atoms with Crippen LogP contribution in [0.4, 0.5) is 4.39 Å². The van der Waals surface area contributed by atoms with Crippen molar-refractivity contribution >= 4 is 10.8 Å². The molecule has 0 bridgehead atoms. The first-order valence-electron chi connectivity index (χ1n) is 6.50. The molecule has 1 heterocycles. The first kappa shape index (κ1) is 12.7. The summed E-state index contributed by atoms with van der Waals surface area (Å²) in [6.07, 6.45) is 0. The highest BCUT2D eigenvalue weighted by molar-refractivity contribution is 5.95. The van der Waals surface area contributed by atoms with Gasteiger partial charge < -0.3 is 9.73 Å². The summed E-state index contributed by atoms with van der Waals surface area (Å²) in [6.45, 7) is 3.37. The summed E-state index contributed by atoms with van der Waals surface area (Å²) in [5, 5.41) is 12.5. The highest BCUT2D eigenvalue weighted by Crippen LogP contribution is 2.29. The molecule has 1 aromatic heterocycles. The molecule has 0 atom stereocenters. The van der Waals surface area contributed by atoms with Gasteiger partial charge in [-0.2, -0.15) is 0 Å². The Kier molecular flexibility index (Phi) is 3.43. The van der Waals surface area contributed by atoms with E-state index in [4.69, 9.17) is 4.42 Å². The largest absolute Gasteiger partial charge is 0.419 e. The molecule has 20 heavy (non-hydrogen) atoms. The minimum absolute atomic E-state index is 0.253. The minimum atomic E-state index is -0.253. The van der Waals surface area contributed by atoms with Crippen molar-refractivity contribution in [3.8, 4) is 11.5 Å². The van der Waals surface area contributed by atoms with Gasteiger partial charge in [-0.05, 0) is 24.1 Å². The molecule has 0 aliphatic heterocycles. The average molecular weight is 271 g/mol. The molecular formula is C15H14FN3O. The molecule has 0 saturated carbocycles. The maximum Gasteiger partial charge on any atom is 0.248 e. The van der Waals surface area contributed by atoms with Gasteiger partial charge in [0, 0.05) is 10.9 Å². The van der Waals surface area contributed by atoms with Crippen LogP contribution in [0.15, 0.2) is 40.8 Å². The Balaban J connectivity index is 2.06. The highest BCUT2D eigenvalue weighted by atomic mass is 19.1. The Labute approximate surface area is 115 Å². The van der Waals surface area contributed by atoms with E-state index in [9.17, 15) is 4.39 Å². The number of hydrogen-bond acceptors (Lipinski definition) is 4. The predicted molar refractivity (Wildman–Crippen MR) is 74.6 cm³/mol. The fraction of sp³-hybridized carbons (Fsp3) is 0.200. The lowest BCUT2D eigenvalue weighted by atomic mass is 10.0. The number of benzene rings is 2. The second-order valence-corrected chi connectivity index (χ2v) is 4.42. The molecule has 0 aliphatic carbocycles. The first-order chi connectivity index (χ1) is 9.79. The lowest BCUT2D eigenvalue weighted by Gasteiger charge is -2.03. The second kappa shape index (κ2) is 5.38. The smallest absolute Gasteiger partial charge is 0.248 e. The molecule has 3 rings (SSSR count). The van der Waals surface area contributed by atoms with E-state index in [-0.39, 0.29) is 5.82 Å². The van der Waals surface area contributed by atoms with Crippen LogP contribution in [-0.4, -0.2) is 16.7 Å². The Morgan fingerprint density at radius 3 is 2.70 bits per heavy atom. The summed E-state index contributed by atoms with van der Waals surface area (Å²) in [4.78, 5) is 0. The summed E-state index contributed by atoms with van der Waals surface area (Å²) < 4.78 is 19.4. The second-order valence-electron chi connectivity index (χ2n) is 4.42. The van der Waals surface area contributed by atoms with E-state index in [0.717, 1.165) is 17.5 Å². The van der Waals surface area contributed by atoms with Crippen LogP contribution in [0.3, 0.4) is 0 Å². The average Bonchev–Trinajstić information content (AvgIpc) is 2.94. The van der Waals surface area contributed by atoms with Crippen LogP contribution in [0.25, 0.3) is 22.2 Å². The van der Waals surface area contributed by atoms with Crippen molar-refractivity contribution in [1.82, 2.24) is 15.5 Å². The number of aromatic nitrogens is 2. The van der Waals surface area contributed by atoms with Crippen LogP contribution in [0.1, 0.15) is 12.8 Å². The van der Waals surface area contributed by atoms with Crippen LogP contribution < -0.4 is 5.32 Å². The van der Waals surface area contributed by atoms with Gasteiger partial charge in [0.15, 0.2) is 0 Å². The third-order valence-corrected chi connectivity index (χ3v) is 3.09. The normalized spacial score (nSPS) is 11.1. The number of rotatable bonds is 4. The van der Waals surface area contributed by atoms with Crippen molar-refractivity contribution in [2.45, 2.75) is 13.5 Å². The number of halogens is 1. The first-order valence-corrected chi connectivity index (χ1v) is 6.50. The third-order valence-electron chi connectivity index (χ3n) is 3.09. The Morgan fingerprint density at radius 1 is 1.10 bits per heavy atom. The predicted octanol–water partition coefficient (Wildman–Crippen LogP) is 3.14. The van der Waals surface area contributed by atoms with Crippen molar-refractivity contribution < 1.29 is 8.81 Å². The zero-order valence-electron chi connectivity index (χ0n) is 11.1. The van der Waals surface area contributed by atoms with Crippen molar-refractivity contribution in [1.29, 1.82) is 0 Å². The molecule has 0 amide bonds. The van der Waals surface area contributed by atoms with Gasteiger partial charge >= 0.3 is 0 Å². The lowest BCUT2D eigenvalue weighted by molar-refractivity contribution is 0.482. The van der Waals surface area contributed by atoms with Crippen LogP contribution in [-0.2, 0) is 6.54 Å². The van der Waals surface area contributed by atoms with E-state index in [1.54, 1.807) is 18.2 Å². The standard InChI is InChI=1S/C15H14FN3O/c1-2-17-9-14-18-19-15(20-14)12-7-8-13(16)11-6-4-3-5-10(11)12/h3-8,17H,2,9H2,1H3. The van der Waals surface area contributed by atoms with E-state index in [1.807, 2.05) is 19.1 Å². The number of fused-ring (bicyclic) bond motifs is 1. The molecule has 102 valence electrons. The molecule has 0 saturated heterocycles. The fourth-order valence-electron chi connectivity index (χ4n) is 2.11. The maximum absolute atomic E-state index is 13.8. The minimum Gasteiger partial charge on any atom is -0.419 e. The zero-order valence-corrected chi connectivity index (χ0v) is 11.1. The molecule has 0 radical (unpaired) electrons. The zero-order chi connectivity index (χ0) is 13.9. The molecule has 3 aromatic rings. The van der Waals surface area contributed by atoms with Crippen LogP contribution in [0.2, 0.25) is 0 Å². The van der Waals surface area contributed by atoms with E-state index >= 15 is 0 Å². The Bertz CT molecular complexity index is 739. The third kappa shape index (κ3) is 2.28. The van der Waals surface area contributed by atoms with E-state index in [1.165, 1.54) is 6.07 Å². The van der Waals surface area contributed by atoms with Crippen LogP contribution in [0, 0.1) is 5.82 Å². The SMILES string of the molecule is CCNCc1nnc(-c2ccc(F)c3ccccc23)o1. The van der Waals surface area contributed by atoms with Gasteiger partial charge in [0.05, 0.1) is 6.54 Å². The van der Waals surface area contributed by atoms with E-state index in [0.29, 0.717) is 23.7 Å². The van der Waals surface area contributed by atoms with Crippen LogP contribution in [0.5, 0.6) is 0 Å². The Morgan fingerprint density at radius 2 is 1.90 bits per heavy atom. The van der Waals surface area contributed by atoms with Gasteiger partial charge in [0.1, 0.15) is 5.82 Å². The maximum atomic E-state index is 13.8. The molecule has 0 spiro atoms. The van der Waals surface area contributed by atoms with Gasteiger partial charge in [-0.15, -0.1) is 10.2 Å². The number of nitrogens with zero attached hydrogens (tertiary/aromatic N) is 2. The summed E-state index contributed by atoms with van der Waals surface area (Å²) in [5.74, 6) is 0.682. The summed E-state index contributed by atoms with van der Waals surface area (Å²) >= 11 is 0. The molecule has 0 aliphatic rings. The van der Waals surface area contributed by atoms with Gasteiger partial charge in [0.25, 0.3) is 0 Å². The molecule has 0 unspecified atom stereocenters. The highest BCUT2D eigenvalue weighted by Gasteiger charge is 2.13.